The zero-order chi connectivity index (χ0) is 21.8. The highest BCUT2D eigenvalue weighted by molar-refractivity contribution is 7.17. The minimum Gasteiger partial charge on any atom is -0.442 e. The Bertz CT molecular complexity index is 968. The maximum Gasteiger partial charge on any atom is 0.414 e. The Labute approximate surface area is 186 Å². The summed E-state index contributed by atoms with van der Waals surface area (Å²) in [5.74, 6) is -0.352. The molecule has 12 heteroatoms. The number of halogens is 1. The van der Waals surface area contributed by atoms with Gasteiger partial charge in [0.2, 0.25) is 0 Å². The van der Waals surface area contributed by atoms with Crippen molar-refractivity contribution in [2.24, 2.45) is 0 Å². The number of nitrogens with one attached hydrogen (secondary N) is 1. The average molecular weight is 468 g/mol. The Hall–Kier alpha value is -2.86. The van der Waals surface area contributed by atoms with Crippen LogP contribution in [-0.2, 0) is 19.1 Å². The molecule has 31 heavy (non-hydrogen) atoms. The van der Waals surface area contributed by atoms with Gasteiger partial charge in [0.1, 0.15) is 17.6 Å². The summed E-state index contributed by atoms with van der Waals surface area (Å²) in [6.45, 7) is 1.15. The van der Waals surface area contributed by atoms with E-state index in [0.29, 0.717) is 33.8 Å². The number of rotatable bonds is 7. The monoisotopic (exact) mass is 467 g/mol. The summed E-state index contributed by atoms with van der Waals surface area (Å²) < 4.78 is 10.8. The van der Waals surface area contributed by atoms with Crippen LogP contribution in [0.25, 0.3) is 0 Å². The van der Waals surface area contributed by atoms with Crippen molar-refractivity contribution in [1.29, 1.82) is 0 Å². The van der Waals surface area contributed by atoms with Gasteiger partial charge in [-0.05, 0) is 36.4 Å². The second kappa shape index (κ2) is 9.52. The molecule has 3 heterocycles. The molecule has 2 aliphatic heterocycles. The summed E-state index contributed by atoms with van der Waals surface area (Å²) in [4.78, 5) is 48.2. The number of carbonyl (C=O) groups is 3. The molecule has 2 fully saturated rings. The summed E-state index contributed by atoms with van der Waals surface area (Å²) >= 11 is 6.90. The molecule has 0 aliphatic carbocycles. The van der Waals surface area contributed by atoms with Crippen LogP contribution in [-0.4, -0.2) is 62.0 Å². The lowest BCUT2D eigenvalue weighted by atomic mass is 10.2. The second-order valence-corrected chi connectivity index (χ2v) is 8.31. The van der Waals surface area contributed by atoms with E-state index in [4.69, 9.17) is 30.7 Å². The van der Waals surface area contributed by atoms with Gasteiger partial charge in [0.25, 0.3) is 5.91 Å². The number of benzene rings is 1. The van der Waals surface area contributed by atoms with Crippen LogP contribution < -0.4 is 15.2 Å². The summed E-state index contributed by atoms with van der Waals surface area (Å²) in [6.07, 6.45) is -1.02. The topological polar surface area (TPSA) is 107 Å². The number of carbonyl (C=O) groups excluding carboxylic acids is 3. The minimum atomic E-state index is -0.563. The zero-order valence-corrected chi connectivity index (χ0v) is 17.7. The van der Waals surface area contributed by atoms with Crippen LogP contribution in [0.5, 0.6) is 5.75 Å². The van der Waals surface area contributed by atoms with Gasteiger partial charge in [0, 0.05) is 5.69 Å². The molecule has 4 rings (SSSR count). The fraction of sp³-hybridized carbons (Fsp3) is 0.316. The number of cyclic esters (lactones) is 1. The summed E-state index contributed by atoms with van der Waals surface area (Å²) in [5.41, 5.74) is 3.14. The van der Waals surface area contributed by atoms with Gasteiger partial charge in [-0.15, -0.1) is 16.8 Å². The van der Waals surface area contributed by atoms with Crippen molar-refractivity contribution < 1.29 is 33.5 Å². The highest BCUT2D eigenvalue weighted by atomic mass is 35.5. The Kier molecular flexibility index (Phi) is 6.56. The van der Waals surface area contributed by atoms with Crippen LogP contribution in [0.4, 0.5) is 10.5 Å². The van der Waals surface area contributed by atoms with Crippen LogP contribution in [0, 0.1) is 0 Å². The lowest BCUT2D eigenvalue weighted by Gasteiger charge is -2.26. The molecule has 1 aromatic heterocycles. The van der Waals surface area contributed by atoms with E-state index >= 15 is 0 Å². The van der Waals surface area contributed by atoms with Gasteiger partial charge in [-0.3, -0.25) is 9.69 Å². The lowest BCUT2D eigenvalue weighted by Crippen LogP contribution is -2.43. The third-order valence-corrected chi connectivity index (χ3v) is 5.64. The molecule has 0 spiro atoms. The van der Waals surface area contributed by atoms with Crippen molar-refractivity contribution in [3.63, 3.8) is 0 Å². The Morgan fingerprint density at radius 1 is 1.23 bits per heavy atom. The quantitative estimate of drug-likeness (QED) is 0.618. The van der Waals surface area contributed by atoms with Gasteiger partial charge < -0.3 is 19.1 Å². The predicted molar refractivity (Wildman–Crippen MR) is 110 cm³/mol. The van der Waals surface area contributed by atoms with Gasteiger partial charge in [-0.2, -0.15) is 5.06 Å². The van der Waals surface area contributed by atoms with Crippen LogP contribution in [0.3, 0.4) is 0 Å². The number of hydrogen-bond acceptors (Lipinski definition) is 9. The number of anilines is 1. The normalized spacial score (nSPS) is 18.8. The average Bonchev–Trinajstić information content (AvgIpc) is 3.36. The van der Waals surface area contributed by atoms with Crippen LogP contribution in [0.1, 0.15) is 9.67 Å². The third-order valence-electron chi connectivity index (χ3n) is 4.43. The molecule has 2 saturated heterocycles. The van der Waals surface area contributed by atoms with E-state index in [9.17, 15) is 14.4 Å². The standard InChI is InChI=1S/C19H18ClN3O7S/c20-16-6-5-15(31-16)18(25)29-21-9-14-10-22(19(26)28-14)12-1-3-13(4-2-12)30-23-7-8-27-11-17(23)24/h1-6,14,21H,7-11H2. The van der Waals surface area contributed by atoms with E-state index in [-0.39, 0.29) is 25.6 Å². The molecule has 10 nitrogen and oxygen atoms in total. The Balaban J connectivity index is 1.26. The number of ether oxygens (including phenoxy) is 2. The van der Waals surface area contributed by atoms with E-state index in [1.54, 1.807) is 36.4 Å². The zero-order valence-electron chi connectivity index (χ0n) is 16.1. The van der Waals surface area contributed by atoms with E-state index in [1.165, 1.54) is 9.96 Å². The predicted octanol–water partition coefficient (Wildman–Crippen LogP) is 2.24. The Morgan fingerprint density at radius 2 is 2.03 bits per heavy atom. The fourth-order valence-electron chi connectivity index (χ4n) is 2.93. The lowest BCUT2D eigenvalue weighted by molar-refractivity contribution is -0.174. The van der Waals surface area contributed by atoms with Gasteiger partial charge in [-0.25, -0.2) is 9.59 Å². The van der Waals surface area contributed by atoms with Gasteiger partial charge in [-0.1, -0.05) is 11.6 Å². The highest BCUT2D eigenvalue weighted by Gasteiger charge is 2.32. The van der Waals surface area contributed by atoms with E-state index in [0.717, 1.165) is 11.3 Å². The summed E-state index contributed by atoms with van der Waals surface area (Å²) in [5, 5.41) is 1.25. The maximum absolute atomic E-state index is 12.2. The van der Waals surface area contributed by atoms with Crippen LogP contribution >= 0.6 is 22.9 Å². The fourth-order valence-corrected chi connectivity index (χ4v) is 3.85. The smallest absolute Gasteiger partial charge is 0.414 e. The second-order valence-electron chi connectivity index (χ2n) is 6.59. The van der Waals surface area contributed by atoms with Gasteiger partial charge in [0.05, 0.1) is 30.6 Å². The number of hydroxylamine groups is 3. The highest BCUT2D eigenvalue weighted by Crippen LogP contribution is 2.25. The first kappa shape index (κ1) is 21.4. The molecule has 164 valence electrons. The summed E-state index contributed by atoms with van der Waals surface area (Å²) in [7, 11) is 0. The van der Waals surface area contributed by atoms with Crippen molar-refractivity contribution in [2.75, 3.05) is 37.7 Å². The Morgan fingerprint density at radius 3 is 2.74 bits per heavy atom. The number of amides is 2. The van der Waals surface area contributed by atoms with Crippen molar-refractivity contribution in [1.82, 2.24) is 10.5 Å². The molecule has 1 unspecified atom stereocenters. The van der Waals surface area contributed by atoms with Crippen molar-refractivity contribution in [3.8, 4) is 5.75 Å². The number of hydrogen-bond donors (Lipinski definition) is 1. The molecule has 1 aromatic carbocycles. The first-order valence-electron chi connectivity index (χ1n) is 9.33. The third kappa shape index (κ3) is 5.25. The van der Waals surface area contributed by atoms with E-state index < -0.39 is 18.2 Å². The number of nitrogens with zero attached hydrogens (tertiary/aromatic N) is 2. The largest absolute Gasteiger partial charge is 0.442 e. The molecule has 0 radical (unpaired) electrons. The van der Waals surface area contributed by atoms with Gasteiger partial charge >= 0.3 is 12.1 Å². The van der Waals surface area contributed by atoms with E-state index in [2.05, 4.69) is 5.48 Å². The molecular formula is C19H18ClN3O7S. The number of morpholine rings is 1. The van der Waals surface area contributed by atoms with Crippen LogP contribution in [0.15, 0.2) is 36.4 Å². The number of thiophene rings is 1. The molecule has 0 bridgehead atoms. The SMILES string of the molecule is O=C(ONCC1CN(c2ccc(ON3CCOCC3=O)cc2)C(=O)O1)c1ccc(Cl)s1. The summed E-state index contributed by atoms with van der Waals surface area (Å²) in [6, 6.07) is 9.87. The van der Waals surface area contributed by atoms with E-state index in [1.807, 2.05) is 0 Å². The van der Waals surface area contributed by atoms with Crippen LogP contribution in [0.2, 0.25) is 4.34 Å². The molecule has 1 N–H and O–H groups in total. The maximum atomic E-state index is 12.2. The van der Waals surface area contributed by atoms with Crippen molar-refractivity contribution in [2.45, 2.75) is 6.10 Å². The van der Waals surface area contributed by atoms with Crippen molar-refractivity contribution >= 4 is 46.6 Å². The molecule has 2 aromatic rings. The van der Waals surface area contributed by atoms with Crippen molar-refractivity contribution in [3.05, 3.63) is 45.6 Å². The minimum absolute atomic E-state index is 0.0104. The first-order valence-corrected chi connectivity index (χ1v) is 10.5. The molecule has 0 saturated carbocycles. The molecular weight excluding hydrogens is 450 g/mol. The molecule has 2 amide bonds. The van der Waals surface area contributed by atoms with Gasteiger partial charge in [0.15, 0.2) is 5.75 Å². The molecule has 2 aliphatic rings. The first-order chi connectivity index (χ1) is 15.0. The molecule has 1 atom stereocenters.